The molecule has 210 valence electrons. The highest BCUT2D eigenvalue weighted by atomic mass is 16.7. The molecule has 3 aliphatic heterocycles. The zero-order chi connectivity index (χ0) is 28.0. The summed E-state index contributed by atoms with van der Waals surface area (Å²) in [6.07, 6.45) is 4.96. The molecule has 4 aromatic carbocycles. The van der Waals surface area contributed by atoms with Crippen molar-refractivity contribution in [1.82, 2.24) is 5.01 Å². The molecule has 0 saturated heterocycles. The number of rotatable bonds is 5. The molecule has 1 saturated carbocycles. The van der Waals surface area contributed by atoms with Gasteiger partial charge in [-0.3, -0.25) is 4.79 Å². The van der Waals surface area contributed by atoms with Crippen molar-refractivity contribution < 1.29 is 28.5 Å². The minimum absolute atomic E-state index is 0.0454. The van der Waals surface area contributed by atoms with Crippen LogP contribution < -0.4 is 23.7 Å². The average Bonchev–Trinajstić information content (AvgIpc) is 3.78. The topological polar surface area (TPSA) is 78.8 Å². The van der Waals surface area contributed by atoms with E-state index in [4.69, 9.17) is 28.8 Å². The van der Waals surface area contributed by atoms with Gasteiger partial charge in [0.15, 0.2) is 29.6 Å². The van der Waals surface area contributed by atoms with Crippen LogP contribution in [0.15, 0.2) is 89.5 Å². The molecule has 4 aromatic rings. The average molecular weight is 561 g/mol. The maximum Gasteiger partial charge on any atom is 0.281 e. The van der Waals surface area contributed by atoms with E-state index >= 15 is 0 Å². The van der Waals surface area contributed by atoms with Gasteiger partial charge < -0.3 is 23.7 Å². The lowest BCUT2D eigenvalue weighted by Crippen LogP contribution is -2.34. The largest absolute Gasteiger partial charge is 0.484 e. The molecule has 3 heterocycles. The van der Waals surface area contributed by atoms with Crippen LogP contribution in [0.25, 0.3) is 16.8 Å². The molecule has 1 aliphatic carbocycles. The molecule has 8 heteroatoms. The van der Waals surface area contributed by atoms with Gasteiger partial charge in [0.2, 0.25) is 13.6 Å². The second-order valence-corrected chi connectivity index (χ2v) is 10.9. The van der Waals surface area contributed by atoms with Gasteiger partial charge in [-0.25, -0.2) is 5.01 Å². The number of amides is 1. The van der Waals surface area contributed by atoms with Gasteiger partial charge in [0.25, 0.3) is 5.91 Å². The molecule has 8 nitrogen and oxygen atoms in total. The molecular weight excluding hydrogens is 532 g/mol. The van der Waals surface area contributed by atoms with Crippen molar-refractivity contribution in [3.05, 3.63) is 95.6 Å². The van der Waals surface area contributed by atoms with Crippen LogP contribution in [-0.2, 0) is 4.79 Å². The molecule has 0 N–H and O–H groups in total. The molecule has 0 aromatic heterocycles. The van der Waals surface area contributed by atoms with Gasteiger partial charge in [-0.2, -0.15) is 5.10 Å². The monoisotopic (exact) mass is 560 g/mol. The smallest absolute Gasteiger partial charge is 0.281 e. The molecule has 8 rings (SSSR count). The quantitative estimate of drug-likeness (QED) is 0.277. The third-order valence-electron chi connectivity index (χ3n) is 8.32. The van der Waals surface area contributed by atoms with Gasteiger partial charge in [-0.1, -0.05) is 42.5 Å². The fraction of sp³-hybridized carbons (Fsp3) is 0.235. The van der Waals surface area contributed by atoms with Crippen LogP contribution in [0.1, 0.15) is 36.4 Å². The van der Waals surface area contributed by atoms with Crippen molar-refractivity contribution >= 4 is 28.5 Å². The summed E-state index contributed by atoms with van der Waals surface area (Å²) in [5.41, 5.74) is 4.05. The standard InChI is InChI=1S/C34H28N2O6/c37-32(18-38-26-11-9-22-4-1-2-5-23(22)16-26)36-34(25-10-13-29-31(17-25)42-20-40-29)27-7-3-6-24(33(27)35-36)14-21-8-12-28-30(15-21)41-19-39-28/h1-2,4-5,8-17,27,34H,3,6-7,18-20H2/b24-14+/t27-,34-/m1/s1. The Bertz CT molecular complexity index is 1780. The Kier molecular flexibility index (Phi) is 5.98. The summed E-state index contributed by atoms with van der Waals surface area (Å²) in [7, 11) is 0. The third-order valence-corrected chi connectivity index (χ3v) is 8.32. The summed E-state index contributed by atoms with van der Waals surface area (Å²) in [6, 6.07) is 25.5. The fourth-order valence-corrected chi connectivity index (χ4v) is 6.31. The highest BCUT2D eigenvalue weighted by Gasteiger charge is 2.44. The highest BCUT2D eigenvalue weighted by Crippen LogP contribution is 2.46. The van der Waals surface area contributed by atoms with Crippen LogP contribution in [0.3, 0.4) is 0 Å². The Morgan fingerprint density at radius 3 is 2.48 bits per heavy atom. The number of benzene rings is 4. The van der Waals surface area contributed by atoms with Gasteiger partial charge in [0.1, 0.15) is 5.75 Å². The molecule has 2 atom stereocenters. The Balaban J connectivity index is 1.12. The van der Waals surface area contributed by atoms with Crippen molar-refractivity contribution in [3.8, 4) is 28.7 Å². The third kappa shape index (κ3) is 4.40. The lowest BCUT2D eigenvalue weighted by Gasteiger charge is -2.29. The van der Waals surface area contributed by atoms with Crippen LogP contribution >= 0.6 is 0 Å². The second kappa shape index (κ2) is 10.1. The van der Waals surface area contributed by atoms with Crippen molar-refractivity contribution in [3.63, 3.8) is 0 Å². The zero-order valence-corrected chi connectivity index (χ0v) is 22.8. The van der Waals surface area contributed by atoms with Crippen molar-refractivity contribution in [1.29, 1.82) is 0 Å². The first kappa shape index (κ1) is 24.8. The Morgan fingerprint density at radius 2 is 1.62 bits per heavy atom. The van der Waals surface area contributed by atoms with E-state index in [1.807, 2.05) is 72.8 Å². The van der Waals surface area contributed by atoms with Gasteiger partial charge in [0.05, 0.1) is 11.8 Å². The van der Waals surface area contributed by atoms with Crippen molar-refractivity contribution in [2.24, 2.45) is 11.0 Å². The predicted octanol–water partition coefficient (Wildman–Crippen LogP) is 6.50. The van der Waals surface area contributed by atoms with E-state index < -0.39 is 0 Å². The number of hydrogen-bond acceptors (Lipinski definition) is 7. The number of ether oxygens (including phenoxy) is 5. The number of allylic oxidation sites excluding steroid dienone is 1. The summed E-state index contributed by atoms with van der Waals surface area (Å²) in [4.78, 5) is 13.8. The number of carbonyl (C=O) groups excluding carboxylic acids is 1. The normalized spacial score (nSPS) is 21.0. The highest BCUT2D eigenvalue weighted by molar-refractivity contribution is 6.08. The van der Waals surface area contributed by atoms with E-state index in [0.29, 0.717) is 17.2 Å². The SMILES string of the molecule is O=C(COc1ccc2ccccc2c1)N1N=C2/C(=C/c3ccc4c(c3)OCO4)CCC[C@H]2[C@H]1c1ccc2c(c1)OCO2. The molecular formula is C34H28N2O6. The van der Waals surface area contributed by atoms with E-state index in [0.717, 1.165) is 63.9 Å². The molecule has 0 bridgehead atoms. The van der Waals surface area contributed by atoms with E-state index in [9.17, 15) is 4.79 Å². The molecule has 0 radical (unpaired) electrons. The summed E-state index contributed by atoms with van der Waals surface area (Å²) >= 11 is 0. The first-order valence-electron chi connectivity index (χ1n) is 14.2. The van der Waals surface area contributed by atoms with Gasteiger partial charge >= 0.3 is 0 Å². The van der Waals surface area contributed by atoms with Crippen LogP contribution in [0.5, 0.6) is 28.7 Å². The Hall–Kier alpha value is -4.98. The van der Waals surface area contributed by atoms with Gasteiger partial charge in [0, 0.05) is 5.92 Å². The molecule has 0 spiro atoms. The Labute approximate surface area is 242 Å². The van der Waals surface area contributed by atoms with Gasteiger partial charge in [-0.15, -0.1) is 0 Å². The lowest BCUT2D eigenvalue weighted by atomic mass is 9.77. The molecule has 1 amide bonds. The minimum atomic E-state index is -0.275. The number of nitrogens with zero attached hydrogens (tertiary/aromatic N) is 2. The maximum absolute atomic E-state index is 13.8. The molecule has 0 unspecified atom stereocenters. The second-order valence-electron chi connectivity index (χ2n) is 10.9. The maximum atomic E-state index is 13.8. The summed E-state index contributed by atoms with van der Waals surface area (Å²) in [6.45, 7) is 0.309. The summed E-state index contributed by atoms with van der Waals surface area (Å²) < 4.78 is 28.3. The minimum Gasteiger partial charge on any atom is -0.484 e. The van der Waals surface area contributed by atoms with Crippen molar-refractivity contribution in [2.45, 2.75) is 25.3 Å². The van der Waals surface area contributed by atoms with E-state index in [-0.39, 0.29) is 38.1 Å². The number of carbonyl (C=O) groups is 1. The number of hydrogen-bond donors (Lipinski definition) is 0. The summed E-state index contributed by atoms with van der Waals surface area (Å²) in [5.74, 6) is 3.39. The zero-order valence-electron chi connectivity index (χ0n) is 22.8. The van der Waals surface area contributed by atoms with Crippen LogP contribution in [0.4, 0.5) is 0 Å². The molecule has 4 aliphatic rings. The fourth-order valence-electron chi connectivity index (χ4n) is 6.31. The number of fused-ring (bicyclic) bond motifs is 4. The molecule has 1 fully saturated rings. The Morgan fingerprint density at radius 1 is 0.857 bits per heavy atom. The van der Waals surface area contributed by atoms with Crippen LogP contribution in [-0.4, -0.2) is 36.8 Å². The van der Waals surface area contributed by atoms with Crippen LogP contribution in [0, 0.1) is 5.92 Å². The predicted molar refractivity (Wildman–Crippen MR) is 157 cm³/mol. The van der Waals surface area contributed by atoms with Gasteiger partial charge in [-0.05, 0) is 89.2 Å². The summed E-state index contributed by atoms with van der Waals surface area (Å²) in [5, 5.41) is 8.80. The lowest BCUT2D eigenvalue weighted by molar-refractivity contribution is -0.135. The van der Waals surface area contributed by atoms with Crippen LogP contribution in [0.2, 0.25) is 0 Å². The number of hydrazone groups is 1. The molecule has 42 heavy (non-hydrogen) atoms. The van der Waals surface area contributed by atoms with E-state index in [1.54, 1.807) is 5.01 Å². The van der Waals surface area contributed by atoms with Crippen molar-refractivity contribution in [2.75, 3.05) is 20.2 Å². The van der Waals surface area contributed by atoms with E-state index in [2.05, 4.69) is 12.1 Å². The first-order valence-corrected chi connectivity index (χ1v) is 14.2. The first-order chi connectivity index (χ1) is 20.7. The van der Waals surface area contributed by atoms with E-state index in [1.165, 1.54) is 0 Å².